The summed E-state index contributed by atoms with van der Waals surface area (Å²) in [5.74, 6) is 0. The zero-order valence-electron chi connectivity index (χ0n) is 16.7. The van der Waals surface area contributed by atoms with Gasteiger partial charge in [0.25, 0.3) is 0 Å². The molecule has 0 aliphatic heterocycles. The standard InChI is InChI=1S/C22H28N4O2S/c1-2-3-8-17-12-14-19(15-13-17)24-22(27)28-16-7-11-20(25-26-21(23)29)18-9-5-4-6-10-18/h4-6,9-10,12-15H,2-3,7-8,11,16H2,1H3,(H,24,27)(H3,23,26,29)/b25-20+. The number of nitrogens with zero attached hydrogens (tertiary/aromatic N) is 1. The summed E-state index contributed by atoms with van der Waals surface area (Å²) in [6.07, 6.45) is 4.14. The van der Waals surface area contributed by atoms with E-state index in [1.54, 1.807) is 0 Å². The van der Waals surface area contributed by atoms with Gasteiger partial charge in [0.05, 0.1) is 12.3 Å². The van der Waals surface area contributed by atoms with Crippen LogP contribution in [0.25, 0.3) is 0 Å². The van der Waals surface area contributed by atoms with Gasteiger partial charge in [0, 0.05) is 5.69 Å². The molecule has 0 saturated carbocycles. The molecule has 2 aromatic carbocycles. The Labute approximate surface area is 177 Å². The van der Waals surface area contributed by atoms with Crippen molar-refractivity contribution in [3.8, 4) is 0 Å². The summed E-state index contributed by atoms with van der Waals surface area (Å²) >= 11 is 4.81. The number of benzene rings is 2. The quantitative estimate of drug-likeness (QED) is 0.230. The van der Waals surface area contributed by atoms with E-state index in [0.717, 1.165) is 36.2 Å². The first-order chi connectivity index (χ1) is 14.1. The van der Waals surface area contributed by atoms with E-state index in [2.05, 4.69) is 22.8 Å². The van der Waals surface area contributed by atoms with Gasteiger partial charge in [-0.1, -0.05) is 55.8 Å². The Morgan fingerprint density at radius 2 is 1.83 bits per heavy atom. The molecule has 2 aromatic rings. The summed E-state index contributed by atoms with van der Waals surface area (Å²) in [6, 6.07) is 17.6. The minimum atomic E-state index is -0.467. The Kier molecular flexibility index (Phi) is 9.65. The molecule has 7 heteroatoms. The number of aryl methyl sites for hydroxylation is 1. The van der Waals surface area contributed by atoms with Crippen LogP contribution in [0, 0.1) is 0 Å². The normalized spacial score (nSPS) is 11.0. The van der Waals surface area contributed by atoms with E-state index in [1.165, 1.54) is 5.56 Å². The maximum Gasteiger partial charge on any atom is 0.411 e. The van der Waals surface area contributed by atoms with Gasteiger partial charge in [-0.05, 0) is 61.2 Å². The second-order valence-corrected chi connectivity index (χ2v) is 7.01. The Morgan fingerprint density at radius 3 is 2.48 bits per heavy atom. The minimum absolute atomic E-state index is 0.106. The molecule has 0 atom stereocenters. The van der Waals surface area contributed by atoms with E-state index < -0.39 is 6.09 Å². The van der Waals surface area contributed by atoms with Gasteiger partial charge in [-0.25, -0.2) is 4.79 Å². The van der Waals surface area contributed by atoms with Crippen molar-refractivity contribution in [2.45, 2.75) is 39.0 Å². The first kappa shape index (κ1) is 22.4. The average molecular weight is 413 g/mol. The van der Waals surface area contributed by atoms with Gasteiger partial charge in [-0.3, -0.25) is 10.7 Å². The van der Waals surface area contributed by atoms with Gasteiger partial charge < -0.3 is 10.5 Å². The number of hydrazone groups is 1. The number of rotatable bonds is 10. The number of anilines is 1. The zero-order valence-corrected chi connectivity index (χ0v) is 17.5. The summed E-state index contributed by atoms with van der Waals surface area (Å²) < 4.78 is 5.28. The number of unbranched alkanes of at least 4 members (excludes halogenated alkanes) is 1. The van der Waals surface area contributed by atoms with E-state index in [-0.39, 0.29) is 11.7 Å². The molecule has 0 aromatic heterocycles. The largest absolute Gasteiger partial charge is 0.449 e. The van der Waals surface area contributed by atoms with Crippen molar-refractivity contribution in [3.05, 3.63) is 65.7 Å². The van der Waals surface area contributed by atoms with Crippen molar-refractivity contribution in [1.82, 2.24) is 5.43 Å². The number of carbonyl (C=O) groups excluding carboxylic acids is 1. The molecule has 4 N–H and O–H groups in total. The van der Waals surface area contributed by atoms with Crippen LogP contribution in [-0.2, 0) is 11.2 Å². The van der Waals surface area contributed by atoms with Crippen LogP contribution in [0.5, 0.6) is 0 Å². The molecule has 0 heterocycles. The molecule has 0 fully saturated rings. The Balaban J connectivity index is 1.78. The molecule has 0 spiro atoms. The lowest BCUT2D eigenvalue weighted by atomic mass is 10.1. The highest BCUT2D eigenvalue weighted by molar-refractivity contribution is 7.80. The van der Waals surface area contributed by atoms with Gasteiger partial charge in [0.15, 0.2) is 5.11 Å². The molecule has 0 unspecified atom stereocenters. The highest BCUT2D eigenvalue weighted by Crippen LogP contribution is 2.12. The van der Waals surface area contributed by atoms with Crippen LogP contribution in [0.2, 0.25) is 0 Å². The summed E-state index contributed by atoms with van der Waals surface area (Å²) in [5, 5.41) is 7.11. The number of nitrogens with two attached hydrogens (primary N) is 1. The molecular weight excluding hydrogens is 384 g/mol. The van der Waals surface area contributed by atoms with Gasteiger partial charge in [-0.15, -0.1) is 0 Å². The molecular formula is C22H28N4O2S. The summed E-state index contributed by atoms with van der Waals surface area (Å²) in [6.45, 7) is 2.45. The fourth-order valence-corrected chi connectivity index (χ4v) is 2.76. The SMILES string of the molecule is CCCCc1ccc(NC(=O)OCCC/C(=N\NC(N)=S)c2ccccc2)cc1. The van der Waals surface area contributed by atoms with E-state index in [9.17, 15) is 4.79 Å². The molecule has 2 rings (SSSR count). The van der Waals surface area contributed by atoms with Crippen LogP contribution in [-0.4, -0.2) is 23.5 Å². The number of nitrogens with one attached hydrogen (secondary N) is 2. The highest BCUT2D eigenvalue weighted by atomic mass is 32.1. The number of carbonyl (C=O) groups is 1. The summed E-state index contributed by atoms with van der Waals surface area (Å²) in [4.78, 5) is 12.0. The lowest BCUT2D eigenvalue weighted by Gasteiger charge is -2.09. The number of ether oxygens (including phenoxy) is 1. The Bertz CT molecular complexity index is 807. The molecule has 1 amide bonds. The third kappa shape index (κ3) is 8.74. The first-order valence-corrected chi connectivity index (χ1v) is 10.2. The second kappa shape index (κ2) is 12.5. The molecule has 154 valence electrons. The smallest absolute Gasteiger partial charge is 0.411 e. The zero-order chi connectivity index (χ0) is 20.9. The molecule has 29 heavy (non-hydrogen) atoms. The number of amides is 1. The van der Waals surface area contributed by atoms with E-state index in [4.69, 9.17) is 22.7 Å². The maximum absolute atomic E-state index is 12.0. The van der Waals surface area contributed by atoms with Crippen LogP contribution < -0.4 is 16.5 Å². The molecule has 0 bridgehead atoms. The van der Waals surface area contributed by atoms with Crippen molar-refractivity contribution < 1.29 is 9.53 Å². The fourth-order valence-electron chi connectivity index (χ4n) is 2.71. The van der Waals surface area contributed by atoms with E-state index >= 15 is 0 Å². The van der Waals surface area contributed by atoms with Crippen LogP contribution in [0.1, 0.15) is 43.7 Å². The number of thiocarbonyl (C=S) groups is 1. The fraction of sp³-hybridized carbons (Fsp3) is 0.318. The van der Waals surface area contributed by atoms with Crippen molar-refractivity contribution in [3.63, 3.8) is 0 Å². The van der Waals surface area contributed by atoms with Gasteiger partial charge in [-0.2, -0.15) is 5.10 Å². The lowest BCUT2D eigenvalue weighted by molar-refractivity contribution is 0.161. The summed E-state index contributed by atoms with van der Waals surface area (Å²) in [5.41, 5.74) is 11.8. The topological polar surface area (TPSA) is 88.7 Å². The van der Waals surface area contributed by atoms with Gasteiger partial charge >= 0.3 is 6.09 Å². The Hall–Kier alpha value is -2.93. The first-order valence-electron chi connectivity index (χ1n) is 9.78. The third-order valence-corrected chi connectivity index (χ3v) is 4.31. The molecule has 0 radical (unpaired) electrons. The lowest BCUT2D eigenvalue weighted by Crippen LogP contribution is -2.25. The van der Waals surface area contributed by atoms with Crippen molar-refractivity contribution in [2.24, 2.45) is 10.8 Å². The van der Waals surface area contributed by atoms with Crippen molar-refractivity contribution in [1.29, 1.82) is 0 Å². The molecule has 0 saturated heterocycles. The molecule has 0 aliphatic rings. The number of hydrogen-bond donors (Lipinski definition) is 3. The Morgan fingerprint density at radius 1 is 1.10 bits per heavy atom. The monoisotopic (exact) mass is 412 g/mol. The maximum atomic E-state index is 12.0. The second-order valence-electron chi connectivity index (χ2n) is 6.57. The number of hydrogen-bond acceptors (Lipinski definition) is 4. The van der Waals surface area contributed by atoms with Crippen LogP contribution in [0.3, 0.4) is 0 Å². The van der Waals surface area contributed by atoms with Crippen LogP contribution in [0.4, 0.5) is 10.5 Å². The molecule has 6 nitrogen and oxygen atoms in total. The predicted molar refractivity (Wildman–Crippen MR) is 122 cm³/mol. The average Bonchev–Trinajstić information content (AvgIpc) is 2.73. The molecule has 0 aliphatic carbocycles. The van der Waals surface area contributed by atoms with Gasteiger partial charge in [0.1, 0.15) is 0 Å². The minimum Gasteiger partial charge on any atom is -0.449 e. The van der Waals surface area contributed by atoms with E-state index in [0.29, 0.717) is 12.8 Å². The van der Waals surface area contributed by atoms with Crippen LogP contribution in [0.15, 0.2) is 59.7 Å². The third-order valence-electron chi connectivity index (χ3n) is 4.22. The van der Waals surface area contributed by atoms with Crippen LogP contribution >= 0.6 is 12.2 Å². The van der Waals surface area contributed by atoms with Crippen molar-refractivity contribution >= 4 is 34.8 Å². The predicted octanol–water partition coefficient (Wildman–Crippen LogP) is 4.60. The highest BCUT2D eigenvalue weighted by Gasteiger charge is 2.07. The summed E-state index contributed by atoms with van der Waals surface area (Å²) in [7, 11) is 0. The van der Waals surface area contributed by atoms with E-state index in [1.807, 2.05) is 54.6 Å². The van der Waals surface area contributed by atoms with Gasteiger partial charge in [0.2, 0.25) is 0 Å². The van der Waals surface area contributed by atoms with Crippen molar-refractivity contribution in [2.75, 3.05) is 11.9 Å².